The van der Waals surface area contributed by atoms with Gasteiger partial charge >= 0.3 is 13.9 Å². The van der Waals surface area contributed by atoms with Crippen molar-refractivity contribution in [3.05, 3.63) is 0 Å². The van der Waals surface area contributed by atoms with Crippen molar-refractivity contribution in [3.63, 3.8) is 0 Å². The normalized spacial score (nSPS) is 35.5. The summed E-state index contributed by atoms with van der Waals surface area (Å²) >= 11 is 0. The van der Waals surface area contributed by atoms with Gasteiger partial charge in [-0.05, 0) is 14.0 Å². The van der Waals surface area contributed by atoms with E-state index in [4.69, 9.17) is 14.5 Å². The Hall–Kier alpha value is -1.07. The molecule has 0 radical (unpaired) electrons. The van der Waals surface area contributed by atoms with Gasteiger partial charge in [0.05, 0.1) is 19.3 Å². The minimum Gasteiger partial charge on any atom is -0.390 e. The predicted octanol–water partition coefficient (Wildman–Crippen LogP) is -1.90. The molecule has 4 atom stereocenters. The summed E-state index contributed by atoms with van der Waals surface area (Å²) in [5.74, 6) is -0.471. The van der Waals surface area contributed by atoms with Crippen LogP contribution in [0.5, 0.6) is 0 Å². The second-order valence-electron chi connectivity index (χ2n) is 5.69. The molecule has 12 heteroatoms. The van der Waals surface area contributed by atoms with E-state index >= 15 is 0 Å². The zero-order chi connectivity index (χ0) is 17.4. The number of likely N-dealkylation sites (N-methyl/N-ethyl adjacent to an activating group) is 1. The van der Waals surface area contributed by atoms with Crippen LogP contribution in [0.15, 0.2) is 0 Å². The molecule has 0 aliphatic carbocycles. The number of imide groups is 1. The molecular weight excluding hydrogens is 333 g/mol. The lowest BCUT2D eigenvalue weighted by molar-refractivity contribution is -0.131. The lowest BCUT2D eigenvalue weighted by Crippen LogP contribution is -2.69. The third-order valence-electron chi connectivity index (χ3n) is 3.98. The first-order valence-corrected chi connectivity index (χ1v) is 8.43. The third-order valence-corrected chi connectivity index (χ3v) is 4.47. The maximum atomic E-state index is 12.0. The molecule has 0 unspecified atom stereocenters. The fourth-order valence-electron chi connectivity index (χ4n) is 2.44. The summed E-state index contributed by atoms with van der Waals surface area (Å²) in [6.07, 6.45) is -2.84. The van der Waals surface area contributed by atoms with Crippen LogP contribution in [0.4, 0.5) is 4.79 Å². The van der Waals surface area contributed by atoms with Gasteiger partial charge in [0.15, 0.2) is 0 Å². The predicted molar refractivity (Wildman–Crippen MR) is 75.0 cm³/mol. The van der Waals surface area contributed by atoms with Crippen molar-refractivity contribution in [1.82, 2.24) is 15.5 Å². The molecule has 2 saturated heterocycles. The molecule has 23 heavy (non-hydrogen) atoms. The first kappa shape index (κ1) is 18.3. The Morgan fingerprint density at radius 2 is 2.17 bits per heavy atom. The Morgan fingerprint density at radius 1 is 1.52 bits per heavy atom. The molecule has 0 aromatic rings. The lowest BCUT2D eigenvalue weighted by Gasteiger charge is -2.41. The Bertz CT molecular complexity index is 539. The molecule has 3 amide bonds. The molecule has 2 fully saturated rings. The first-order chi connectivity index (χ1) is 10.6. The van der Waals surface area contributed by atoms with E-state index in [1.807, 2.05) is 0 Å². The van der Waals surface area contributed by atoms with E-state index in [9.17, 15) is 19.3 Å². The van der Waals surface area contributed by atoms with E-state index in [2.05, 4.69) is 15.2 Å². The van der Waals surface area contributed by atoms with Crippen LogP contribution >= 0.6 is 7.82 Å². The highest BCUT2D eigenvalue weighted by molar-refractivity contribution is 7.46. The Balaban J connectivity index is 2.03. The lowest BCUT2D eigenvalue weighted by atomic mass is 9.98. The zero-order valence-corrected chi connectivity index (χ0v) is 13.5. The second-order valence-corrected chi connectivity index (χ2v) is 6.93. The average molecular weight is 353 g/mol. The number of carbonyl (C=O) groups is 2. The van der Waals surface area contributed by atoms with Crippen LogP contribution in [0.25, 0.3) is 0 Å². The van der Waals surface area contributed by atoms with E-state index < -0.39 is 50.3 Å². The summed E-state index contributed by atoms with van der Waals surface area (Å²) in [7, 11) is -3.10. The number of phosphoric acid groups is 1. The number of nitrogens with one attached hydrogen (secondary N) is 2. The maximum absolute atomic E-state index is 12.0. The van der Waals surface area contributed by atoms with Crippen molar-refractivity contribution >= 4 is 19.8 Å². The van der Waals surface area contributed by atoms with Crippen molar-refractivity contribution in [2.75, 3.05) is 20.2 Å². The van der Waals surface area contributed by atoms with Gasteiger partial charge in [0.2, 0.25) is 5.91 Å². The molecule has 5 N–H and O–H groups in total. The number of hydrogen-bond donors (Lipinski definition) is 5. The number of phosphoric ester groups is 1. The average Bonchev–Trinajstić information content (AvgIpc) is 2.81. The van der Waals surface area contributed by atoms with E-state index in [1.54, 1.807) is 14.0 Å². The number of aliphatic hydroxyl groups is 1. The Morgan fingerprint density at radius 3 is 2.74 bits per heavy atom. The molecule has 0 spiro atoms. The number of hydrogen-bond acceptors (Lipinski definition) is 7. The fourth-order valence-corrected chi connectivity index (χ4v) is 2.79. The molecule has 2 aliphatic heterocycles. The molecular formula is C11H20N3O8P. The summed E-state index contributed by atoms with van der Waals surface area (Å²) in [5.41, 5.74) is -1.01. The summed E-state index contributed by atoms with van der Waals surface area (Å²) < 4.78 is 20.5. The van der Waals surface area contributed by atoms with Gasteiger partial charge < -0.3 is 24.9 Å². The van der Waals surface area contributed by atoms with Gasteiger partial charge in [0, 0.05) is 6.42 Å². The number of nitrogens with zero attached hydrogens (tertiary/aromatic N) is 1. The van der Waals surface area contributed by atoms with E-state index in [0.29, 0.717) is 0 Å². The minimum atomic E-state index is -4.68. The number of amides is 3. The Kier molecular flexibility index (Phi) is 5.12. The van der Waals surface area contributed by atoms with E-state index in [-0.39, 0.29) is 13.0 Å². The number of urea groups is 1. The first-order valence-electron chi connectivity index (χ1n) is 6.90. The number of ether oxygens (including phenoxy) is 1. The van der Waals surface area contributed by atoms with E-state index in [1.165, 1.54) is 4.90 Å². The summed E-state index contributed by atoms with van der Waals surface area (Å²) in [6.45, 7) is 1.12. The van der Waals surface area contributed by atoms with Gasteiger partial charge in [-0.15, -0.1) is 0 Å². The van der Waals surface area contributed by atoms with Gasteiger partial charge in [-0.2, -0.15) is 0 Å². The van der Waals surface area contributed by atoms with E-state index in [0.717, 1.165) is 0 Å². The number of carbonyl (C=O) groups excluding carboxylic acids is 2. The van der Waals surface area contributed by atoms with Crippen LogP contribution in [0.1, 0.15) is 13.3 Å². The van der Waals surface area contributed by atoms with Crippen molar-refractivity contribution in [2.24, 2.45) is 0 Å². The highest BCUT2D eigenvalue weighted by Crippen LogP contribution is 2.37. The van der Waals surface area contributed by atoms with Gasteiger partial charge in [-0.3, -0.25) is 19.5 Å². The third kappa shape index (κ3) is 4.07. The van der Waals surface area contributed by atoms with Crippen LogP contribution in [0, 0.1) is 0 Å². The second kappa shape index (κ2) is 6.44. The van der Waals surface area contributed by atoms with Gasteiger partial charge in [-0.25, -0.2) is 9.36 Å². The van der Waals surface area contributed by atoms with Crippen molar-refractivity contribution in [2.45, 2.75) is 37.3 Å². The van der Waals surface area contributed by atoms with Crippen LogP contribution in [-0.2, 0) is 18.6 Å². The highest BCUT2D eigenvalue weighted by Gasteiger charge is 2.47. The fraction of sp³-hybridized carbons (Fsp3) is 0.818. The molecule has 2 heterocycles. The molecule has 0 bridgehead atoms. The Labute approximate surface area is 132 Å². The molecule has 0 aromatic carbocycles. The highest BCUT2D eigenvalue weighted by atomic mass is 31.2. The molecule has 2 rings (SSSR count). The van der Waals surface area contributed by atoms with Crippen LogP contribution in [0.2, 0.25) is 0 Å². The zero-order valence-electron chi connectivity index (χ0n) is 12.6. The van der Waals surface area contributed by atoms with Crippen LogP contribution in [-0.4, -0.2) is 75.9 Å². The summed E-state index contributed by atoms with van der Waals surface area (Å²) in [5, 5.41) is 14.9. The smallest absolute Gasteiger partial charge is 0.390 e. The standard InChI is InChI=1S/C11H20N3O8P/c1-11(12-2)5-14(10(17)13-9(11)16)8-3-6(15)7(22-8)4-21-23(18,19)20/h6-8,12,15H,3-5H2,1-2H3,(H,13,16,17)(H2,18,19,20)/t6-,7+,8+,11+/m0/s1. The van der Waals surface area contributed by atoms with Gasteiger partial charge in [0.25, 0.3) is 0 Å². The molecule has 0 aromatic heterocycles. The molecule has 2 aliphatic rings. The van der Waals surface area contributed by atoms with Gasteiger partial charge in [0.1, 0.15) is 17.9 Å². The number of rotatable bonds is 5. The molecule has 11 nitrogen and oxygen atoms in total. The van der Waals surface area contributed by atoms with Crippen molar-refractivity contribution in [3.8, 4) is 0 Å². The largest absolute Gasteiger partial charge is 0.469 e. The molecule has 132 valence electrons. The molecule has 0 saturated carbocycles. The monoisotopic (exact) mass is 353 g/mol. The minimum absolute atomic E-state index is 0.0254. The topological polar surface area (TPSA) is 158 Å². The quantitative estimate of drug-likeness (QED) is 0.356. The maximum Gasteiger partial charge on any atom is 0.469 e. The van der Waals surface area contributed by atoms with Gasteiger partial charge in [-0.1, -0.05) is 0 Å². The SMILES string of the molecule is CN[C@]1(C)CN([C@H]2C[C@H](O)[C@@H](COP(=O)(O)O)O2)C(=O)NC1=O. The van der Waals surface area contributed by atoms with Crippen LogP contribution in [0.3, 0.4) is 0 Å². The summed E-state index contributed by atoms with van der Waals surface area (Å²) in [4.78, 5) is 42.4. The number of aliphatic hydroxyl groups excluding tert-OH is 1. The van der Waals surface area contributed by atoms with Crippen LogP contribution < -0.4 is 10.6 Å². The van der Waals surface area contributed by atoms with Crippen molar-refractivity contribution < 1.29 is 38.3 Å². The summed E-state index contributed by atoms with van der Waals surface area (Å²) in [6, 6.07) is -0.656. The van der Waals surface area contributed by atoms with Crippen molar-refractivity contribution in [1.29, 1.82) is 0 Å².